The molecule has 0 saturated heterocycles. The highest BCUT2D eigenvalue weighted by Gasteiger charge is 2.16. The van der Waals surface area contributed by atoms with Crippen molar-refractivity contribution in [2.45, 2.75) is 11.8 Å². The van der Waals surface area contributed by atoms with E-state index in [1.165, 1.54) is 0 Å². The van der Waals surface area contributed by atoms with Crippen molar-refractivity contribution in [1.82, 2.24) is 14.8 Å². The van der Waals surface area contributed by atoms with Gasteiger partial charge in [-0.1, -0.05) is 23.4 Å². The van der Waals surface area contributed by atoms with Crippen LogP contribution in [0.4, 0.5) is 0 Å². The molecule has 2 aromatic carbocycles. The largest absolute Gasteiger partial charge is 0.486 e. The molecule has 3 N–H and O–H groups in total. The Morgan fingerprint density at radius 2 is 1.79 bits per heavy atom. The molecule has 1 aromatic heterocycles. The van der Waals surface area contributed by atoms with E-state index in [1.54, 1.807) is 53.1 Å². The Labute approximate surface area is 169 Å². The molecular weight excluding hydrogens is 404 g/mol. The SMILES string of the molecule is NC(=O)c1ccc(-n2c(COc3ccc(Cl)cc3)nnc2SCC(=O)O)cc1. The van der Waals surface area contributed by atoms with Crippen LogP contribution < -0.4 is 10.5 Å². The number of rotatable bonds is 8. The maximum atomic E-state index is 11.3. The summed E-state index contributed by atoms with van der Waals surface area (Å²) in [5.74, 6) is -0.614. The van der Waals surface area contributed by atoms with Crippen LogP contribution in [0, 0.1) is 0 Å². The number of carbonyl (C=O) groups is 2. The first-order valence-electron chi connectivity index (χ1n) is 8.01. The topological polar surface area (TPSA) is 120 Å². The van der Waals surface area contributed by atoms with E-state index in [-0.39, 0.29) is 12.4 Å². The second kappa shape index (κ2) is 8.77. The van der Waals surface area contributed by atoms with Gasteiger partial charge in [0.1, 0.15) is 12.4 Å². The molecule has 10 heteroatoms. The van der Waals surface area contributed by atoms with Gasteiger partial charge in [-0.25, -0.2) is 0 Å². The van der Waals surface area contributed by atoms with Gasteiger partial charge in [0.25, 0.3) is 0 Å². The van der Waals surface area contributed by atoms with Crippen molar-refractivity contribution >= 4 is 35.2 Å². The maximum Gasteiger partial charge on any atom is 0.313 e. The van der Waals surface area contributed by atoms with E-state index >= 15 is 0 Å². The number of aromatic nitrogens is 3. The van der Waals surface area contributed by atoms with Gasteiger partial charge in [0, 0.05) is 16.3 Å². The molecule has 0 atom stereocenters. The zero-order chi connectivity index (χ0) is 20.1. The van der Waals surface area contributed by atoms with E-state index in [0.29, 0.717) is 33.0 Å². The smallest absolute Gasteiger partial charge is 0.313 e. The van der Waals surface area contributed by atoms with Gasteiger partial charge in [-0.2, -0.15) is 0 Å². The monoisotopic (exact) mass is 418 g/mol. The summed E-state index contributed by atoms with van der Waals surface area (Å²) < 4.78 is 7.40. The van der Waals surface area contributed by atoms with Crippen LogP contribution in [0.5, 0.6) is 5.75 Å². The molecule has 0 aliphatic rings. The summed E-state index contributed by atoms with van der Waals surface area (Å²) in [5, 5.41) is 18.1. The number of aliphatic carboxylic acids is 1. The van der Waals surface area contributed by atoms with Crippen LogP contribution in [0.3, 0.4) is 0 Å². The lowest BCUT2D eigenvalue weighted by Crippen LogP contribution is -2.11. The summed E-state index contributed by atoms with van der Waals surface area (Å²) in [6.07, 6.45) is 0. The van der Waals surface area contributed by atoms with Gasteiger partial charge in [0.15, 0.2) is 11.0 Å². The van der Waals surface area contributed by atoms with Crippen LogP contribution in [0.1, 0.15) is 16.2 Å². The minimum Gasteiger partial charge on any atom is -0.486 e. The Kier molecular flexibility index (Phi) is 6.17. The minimum absolute atomic E-state index is 0.0971. The van der Waals surface area contributed by atoms with Gasteiger partial charge in [-0.3, -0.25) is 14.2 Å². The lowest BCUT2D eigenvalue weighted by Gasteiger charge is -2.11. The number of thioether (sulfide) groups is 1. The molecule has 3 aromatic rings. The summed E-state index contributed by atoms with van der Waals surface area (Å²) in [5.41, 5.74) is 6.28. The first kappa shape index (κ1) is 19.7. The van der Waals surface area contributed by atoms with Gasteiger partial charge in [0.05, 0.1) is 5.75 Å². The number of carboxylic acids is 1. The van der Waals surface area contributed by atoms with Gasteiger partial charge < -0.3 is 15.6 Å². The number of carbonyl (C=O) groups excluding carboxylic acids is 1. The number of nitrogens with two attached hydrogens (primary N) is 1. The molecule has 1 amide bonds. The second-order valence-electron chi connectivity index (χ2n) is 5.57. The van der Waals surface area contributed by atoms with Crippen molar-refractivity contribution in [2.75, 3.05) is 5.75 Å². The quantitative estimate of drug-likeness (QED) is 0.539. The fourth-order valence-electron chi connectivity index (χ4n) is 2.33. The molecule has 0 aliphatic carbocycles. The van der Waals surface area contributed by atoms with E-state index < -0.39 is 11.9 Å². The summed E-state index contributed by atoms with van der Waals surface area (Å²) >= 11 is 6.90. The molecule has 0 radical (unpaired) electrons. The number of primary amides is 1. The first-order chi connectivity index (χ1) is 13.4. The van der Waals surface area contributed by atoms with Gasteiger partial charge in [-0.15, -0.1) is 10.2 Å². The van der Waals surface area contributed by atoms with Crippen LogP contribution in [0.15, 0.2) is 53.7 Å². The van der Waals surface area contributed by atoms with E-state index in [0.717, 1.165) is 11.8 Å². The Morgan fingerprint density at radius 3 is 2.39 bits per heavy atom. The fraction of sp³-hybridized carbons (Fsp3) is 0.111. The molecule has 0 spiro atoms. The van der Waals surface area contributed by atoms with Crippen molar-refractivity contribution < 1.29 is 19.4 Å². The van der Waals surface area contributed by atoms with E-state index in [9.17, 15) is 9.59 Å². The van der Waals surface area contributed by atoms with E-state index in [1.807, 2.05) is 0 Å². The number of hydrogen-bond acceptors (Lipinski definition) is 6. The number of hydrogen-bond donors (Lipinski definition) is 2. The lowest BCUT2D eigenvalue weighted by molar-refractivity contribution is -0.133. The maximum absolute atomic E-state index is 11.3. The zero-order valence-electron chi connectivity index (χ0n) is 14.4. The second-order valence-corrected chi connectivity index (χ2v) is 6.95. The molecule has 0 aliphatic heterocycles. The van der Waals surface area contributed by atoms with Crippen molar-refractivity contribution in [3.63, 3.8) is 0 Å². The highest BCUT2D eigenvalue weighted by molar-refractivity contribution is 7.99. The number of halogens is 1. The third-order valence-electron chi connectivity index (χ3n) is 3.62. The van der Waals surface area contributed by atoms with Crippen molar-refractivity contribution in [1.29, 1.82) is 0 Å². The number of nitrogens with zero attached hydrogens (tertiary/aromatic N) is 3. The van der Waals surface area contributed by atoms with Crippen molar-refractivity contribution in [3.05, 3.63) is 64.9 Å². The number of benzene rings is 2. The summed E-state index contributed by atoms with van der Waals surface area (Å²) in [7, 11) is 0. The Hall–Kier alpha value is -3.04. The predicted octanol–water partition coefficient (Wildman–Crippen LogP) is 2.78. The van der Waals surface area contributed by atoms with Crippen molar-refractivity contribution in [2.24, 2.45) is 5.73 Å². The Balaban J connectivity index is 1.89. The van der Waals surface area contributed by atoms with E-state index in [2.05, 4.69) is 10.2 Å². The van der Waals surface area contributed by atoms with Crippen molar-refractivity contribution in [3.8, 4) is 11.4 Å². The van der Waals surface area contributed by atoms with Gasteiger partial charge >= 0.3 is 5.97 Å². The average molecular weight is 419 g/mol. The molecule has 0 unspecified atom stereocenters. The zero-order valence-corrected chi connectivity index (χ0v) is 16.0. The summed E-state index contributed by atoms with van der Waals surface area (Å²) in [6, 6.07) is 13.4. The molecule has 3 rings (SSSR count). The number of ether oxygens (including phenoxy) is 1. The standard InChI is InChI=1S/C18H15ClN4O4S/c19-12-3-7-14(8-4-12)27-9-15-21-22-18(28-10-16(24)25)23(15)13-5-1-11(2-6-13)17(20)26/h1-8H,9-10H2,(H2,20,26)(H,24,25). The lowest BCUT2D eigenvalue weighted by atomic mass is 10.2. The summed E-state index contributed by atoms with van der Waals surface area (Å²) in [4.78, 5) is 22.2. The molecule has 0 bridgehead atoms. The normalized spacial score (nSPS) is 10.6. The molecular formula is C18H15ClN4O4S. The van der Waals surface area contributed by atoms with E-state index in [4.69, 9.17) is 27.2 Å². The molecule has 0 saturated carbocycles. The fourth-order valence-corrected chi connectivity index (χ4v) is 3.14. The molecule has 1 heterocycles. The van der Waals surface area contributed by atoms with Gasteiger partial charge in [0.2, 0.25) is 5.91 Å². The van der Waals surface area contributed by atoms with Crippen LogP contribution in [-0.4, -0.2) is 37.5 Å². The predicted molar refractivity (Wildman–Crippen MR) is 104 cm³/mol. The van der Waals surface area contributed by atoms with Gasteiger partial charge in [-0.05, 0) is 48.5 Å². The van der Waals surface area contributed by atoms with Crippen LogP contribution >= 0.6 is 23.4 Å². The Bertz CT molecular complexity index is 990. The molecule has 28 heavy (non-hydrogen) atoms. The first-order valence-corrected chi connectivity index (χ1v) is 9.38. The Morgan fingerprint density at radius 1 is 1.11 bits per heavy atom. The van der Waals surface area contributed by atoms with Crippen LogP contribution in [-0.2, 0) is 11.4 Å². The minimum atomic E-state index is -0.970. The average Bonchev–Trinajstić information content (AvgIpc) is 3.09. The van der Waals surface area contributed by atoms with Crippen LogP contribution in [0.2, 0.25) is 5.02 Å². The number of amides is 1. The third-order valence-corrected chi connectivity index (χ3v) is 4.78. The summed E-state index contributed by atoms with van der Waals surface area (Å²) in [6.45, 7) is 0.0971. The molecule has 144 valence electrons. The highest BCUT2D eigenvalue weighted by atomic mass is 35.5. The van der Waals surface area contributed by atoms with Crippen LogP contribution in [0.25, 0.3) is 5.69 Å². The highest BCUT2D eigenvalue weighted by Crippen LogP contribution is 2.24. The molecule has 8 nitrogen and oxygen atoms in total. The molecule has 0 fully saturated rings. The number of carboxylic acid groups (broad SMARTS) is 1. The third kappa shape index (κ3) is 4.81.